The van der Waals surface area contributed by atoms with Gasteiger partial charge in [0.15, 0.2) is 16.1 Å². The Morgan fingerprint density at radius 2 is 1.26 bits per heavy atom. The maximum absolute atomic E-state index is 12.5. The van der Waals surface area contributed by atoms with Gasteiger partial charge in [0.05, 0.1) is 4.90 Å². The van der Waals surface area contributed by atoms with Crippen LogP contribution in [0.1, 0.15) is 51.4 Å². The zero-order valence-corrected chi connectivity index (χ0v) is 14.6. The molecule has 0 unspecified atom stereocenters. The van der Waals surface area contributed by atoms with Crippen LogP contribution < -0.4 is 0 Å². The molecule has 0 N–H and O–H groups in total. The van der Waals surface area contributed by atoms with Crippen molar-refractivity contribution in [2.24, 2.45) is 0 Å². The van der Waals surface area contributed by atoms with Crippen LogP contribution in [-0.4, -0.2) is 33.7 Å². The summed E-state index contributed by atoms with van der Waals surface area (Å²) in [5.74, 6) is -0.114. The summed E-state index contributed by atoms with van der Waals surface area (Å²) in [6.45, 7) is 1.13. The molecule has 1 aliphatic heterocycles. The van der Waals surface area contributed by atoms with E-state index in [4.69, 9.17) is 9.47 Å². The molecule has 23 heavy (non-hydrogen) atoms. The average Bonchev–Trinajstić information content (AvgIpc) is 2.58. The number of rotatable bonds is 3. The zero-order chi connectivity index (χ0) is 16.4. The number of ether oxygens (including phenoxy) is 2. The van der Waals surface area contributed by atoms with Crippen LogP contribution >= 0.6 is 0 Å². The van der Waals surface area contributed by atoms with Gasteiger partial charge >= 0.3 is 0 Å². The van der Waals surface area contributed by atoms with Gasteiger partial charge in [-0.15, -0.1) is 0 Å². The maximum atomic E-state index is 12.5. The smallest absolute Gasteiger partial charge is 0.183 e. The molecule has 0 amide bonds. The second-order valence-electron chi connectivity index (χ2n) is 6.09. The van der Waals surface area contributed by atoms with Crippen LogP contribution in [0.5, 0.6) is 0 Å². The number of sulfone groups is 1. The van der Waals surface area contributed by atoms with E-state index < -0.39 is 16.1 Å². The van der Waals surface area contributed by atoms with Crippen LogP contribution in [0.25, 0.3) is 0 Å². The highest BCUT2D eigenvalue weighted by atomic mass is 32.2. The first kappa shape index (κ1) is 18.4. The molecule has 0 aliphatic carbocycles. The van der Waals surface area contributed by atoms with Gasteiger partial charge in [-0.3, -0.25) is 0 Å². The van der Waals surface area contributed by atoms with Crippen LogP contribution in [-0.2, 0) is 19.3 Å². The molecule has 1 saturated heterocycles. The lowest BCUT2D eigenvalue weighted by Gasteiger charge is -2.18. The van der Waals surface area contributed by atoms with Crippen LogP contribution in [0.4, 0.5) is 0 Å². The molecule has 4 nitrogen and oxygen atoms in total. The normalized spacial score (nSPS) is 20.2. The first-order chi connectivity index (χ1) is 11.2. The van der Waals surface area contributed by atoms with Gasteiger partial charge in [0.25, 0.3) is 0 Å². The topological polar surface area (TPSA) is 52.6 Å². The minimum Gasteiger partial charge on any atom is -0.352 e. The molecule has 0 bridgehead atoms. The van der Waals surface area contributed by atoms with Crippen molar-refractivity contribution in [3.05, 3.63) is 30.3 Å². The fraction of sp³-hybridized carbons (Fsp3) is 0.667. The summed E-state index contributed by atoms with van der Waals surface area (Å²) >= 11 is 0. The maximum Gasteiger partial charge on any atom is 0.183 e. The highest BCUT2D eigenvalue weighted by Gasteiger charge is 2.22. The molecule has 1 heterocycles. The quantitative estimate of drug-likeness (QED) is 0.836. The van der Waals surface area contributed by atoms with E-state index in [0.29, 0.717) is 18.1 Å². The van der Waals surface area contributed by atoms with E-state index in [1.165, 1.54) is 25.7 Å². The summed E-state index contributed by atoms with van der Waals surface area (Å²) in [7, 11) is -3.38. The second-order valence-corrected chi connectivity index (χ2v) is 8.13. The van der Waals surface area contributed by atoms with Gasteiger partial charge in [0, 0.05) is 13.2 Å². The summed E-state index contributed by atoms with van der Waals surface area (Å²) < 4.78 is 36.4. The molecule has 130 valence electrons. The highest BCUT2D eigenvalue weighted by molar-refractivity contribution is 7.91. The fourth-order valence-electron chi connectivity index (χ4n) is 2.74. The second kappa shape index (κ2) is 10.1. The van der Waals surface area contributed by atoms with Crippen molar-refractivity contribution < 1.29 is 17.9 Å². The van der Waals surface area contributed by atoms with E-state index in [1.807, 2.05) is 6.07 Å². The van der Waals surface area contributed by atoms with E-state index in [0.717, 1.165) is 25.7 Å². The summed E-state index contributed by atoms with van der Waals surface area (Å²) in [4.78, 5) is 0.329. The predicted molar refractivity (Wildman–Crippen MR) is 91.1 cm³/mol. The number of hydrogen-bond acceptors (Lipinski definition) is 4. The molecule has 0 aromatic heterocycles. The molecule has 0 radical (unpaired) electrons. The summed E-state index contributed by atoms with van der Waals surface area (Å²) in [5.41, 5.74) is 0. The standard InChI is InChI=1S/C18H28O4S/c19-23(20,17-12-8-7-9-13-17)16-18-21-14-10-5-3-1-2-4-6-11-15-22-18/h7-9,12-13,18H,1-6,10-11,14-16H2. The minimum atomic E-state index is -3.38. The van der Waals surface area contributed by atoms with E-state index in [1.54, 1.807) is 24.3 Å². The predicted octanol–water partition coefficient (Wildman–Crippen LogP) is 3.95. The molecule has 1 aliphatic rings. The summed E-state index contributed by atoms with van der Waals surface area (Å²) in [6.07, 6.45) is 8.57. The summed E-state index contributed by atoms with van der Waals surface area (Å²) in [5, 5.41) is 0. The third-order valence-corrected chi connectivity index (χ3v) is 5.81. The Hall–Kier alpha value is -0.910. The minimum absolute atomic E-state index is 0.114. The van der Waals surface area contributed by atoms with Gasteiger partial charge in [-0.25, -0.2) is 8.42 Å². The van der Waals surface area contributed by atoms with Gasteiger partial charge in [-0.2, -0.15) is 0 Å². The lowest BCUT2D eigenvalue weighted by atomic mass is 10.1. The molecule has 2 rings (SSSR count). The van der Waals surface area contributed by atoms with Crippen molar-refractivity contribution in [2.45, 2.75) is 62.6 Å². The van der Waals surface area contributed by atoms with Crippen LogP contribution in [0.3, 0.4) is 0 Å². The molecular weight excluding hydrogens is 312 g/mol. The molecule has 0 saturated carbocycles. The van der Waals surface area contributed by atoms with Crippen molar-refractivity contribution in [1.29, 1.82) is 0 Å². The zero-order valence-electron chi connectivity index (χ0n) is 13.8. The number of benzene rings is 1. The van der Waals surface area contributed by atoms with Crippen LogP contribution in [0, 0.1) is 0 Å². The van der Waals surface area contributed by atoms with Crippen LogP contribution in [0.15, 0.2) is 35.2 Å². The van der Waals surface area contributed by atoms with E-state index in [9.17, 15) is 8.42 Å². The third kappa shape index (κ3) is 7.02. The fourth-order valence-corrected chi connectivity index (χ4v) is 4.06. The molecule has 5 heteroatoms. The lowest BCUT2D eigenvalue weighted by molar-refractivity contribution is -0.129. The van der Waals surface area contributed by atoms with Crippen molar-refractivity contribution in [2.75, 3.05) is 19.0 Å². The van der Waals surface area contributed by atoms with Crippen molar-refractivity contribution >= 4 is 9.84 Å². The summed E-state index contributed by atoms with van der Waals surface area (Å²) in [6, 6.07) is 8.52. The Balaban J connectivity index is 1.93. The van der Waals surface area contributed by atoms with Gasteiger partial charge in [0.1, 0.15) is 5.75 Å². The van der Waals surface area contributed by atoms with E-state index in [-0.39, 0.29) is 5.75 Å². The monoisotopic (exact) mass is 340 g/mol. The Kier molecular flexibility index (Phi) is 8.06. The molecule has 0 atom stereocenters. The third-order valence-electron chi connectivity index (χ3n) is 4.10. The Morgan fingerprint density at radius 3 is 1.78 bits per heavy atom. The van der Waals surface area contributed by atoms with Gasteiger partial charge < -0.3 is 9.47 Å². The first-order valence-electron chi connectivity index (χ1n) is 8.69. The van der Waals surface area contributed by atoms with Crippen LogP contribution in [0.2, 0.25) is 0 Å². The van der Waals surface area contributed by atoms with Crippen molar-refractivity contribution in [3.8, 4) is 0 Å². The average molecular weight is 340 g/mol. The van der Waals surface area contributed by atoms with Gasteiger partial charge in [-0.1, -0.05) is 56.7 Å². The molecule has 0 spiro atoms. The highest BCUT2D eigenvalue weighted by Crippen LogP contribution is 2.15. The Labute approximate surface area is 140 Å². The lowest BCUT2D eigenvalue weighted by Crippen LogP contribution is -2.28. The Morgan fingerprint density at radius 1 is 0.783 bits per heavy atom. The van der Waals surface area contributed by atoms with Crippen molar-refractivity contribution in [1.82, 2.24) is 0 Å². The Bertz CT molecular complexity index is 513. The van der Waals surface area contributed by atoms with Crippen molar-refractivity contribution in [3.63, 3.8) is 0 Å². The van der Waals surface area contributed by atoms with E-state index in [2.05, 4.69) is 0 Å². The SMILES string of the molecule is O=S(=O)(CC1OCCCCCCCCCCO1)c1ccccc1. The van der Waals surface area contributed by atoms with Gasteiger partial charge in [-0.05, 0) is 25.0 Å². The molecular formula is C18H28O4S. The van der Waals surface area contributed by atoms with E-state index >= 15 is 0 Å². The number of hydrogen-bond donors (Lipinski definition) is 0. The molecule has 1 aromatic carbocycles. The largest absolute Gasteiger partial charge is 0.352 e. The van der Waals surface area contributed by atoms with Gasteiger partial charge in [0.2, 0.25) is 0 Å². The molecule has 1 fully saturated rings. The molecule has 1 aromatic rings. The first-order valence-corrected chi connectivity index (χ1v) is 10.3.